The summed E-state index contributed by atoms with van der Waals surface area (Å²) in [7, 11) is 1.31. The fourth-order valence-corrected chi connectivity index (χ4v) is 8.66. The number of aliphatic hydroxyl groups excluding tert-OH is 3. The minimum absolute atomic E-state index is 0.131. The van der Waals surface area contributed by atoms with Gasteiger partial charge in [-0.2, -0.15) is 0 Å². The number of rotatable bonds is 13. The number of alkyl carbamates (subject to hydrolysis) is 3. The average molecular weight is 1020 g/mol. The molecule has 2 saturated heterocycles. The van der Waals surface area contributed by atoms with Crippen molar-refractivity contribution in [1.82, 2.24) is 31.5 Å². The van der Waals surface area contributed by atoms with E-state index in [1.807, 2.05) is 0 Å². The highest BCUT2D eigenvalue weighted by atomic mass is 16.7. The standard InChI is InChI=1S/C47H82N6O18/c1-42(2,3)68-38(58)50-26-18-17-24(20-48-21-25-22-64-46(13,14)67-25)65-32(26)29-27(51-39(59)69-43(4,5)6)19-28(49-35(56)36(57)52-40(60)70-44(7,8)9)33(30(29)54)66-37-31(55)34(47(15,62)23-63-37)53(16)41(61)71-45(10,11)12/h17,25-34,36-37,48,54-55,57,62H,18-23H2,1-16H3,(H,49,56)(H,50,58)(H,51,59)(H,52,60)/t25-,26+,27-,28+,29?,30-,31+,32-,33-,34+,36+,37+,47-/m0/s1. The van der Waals surface area contributed by atoms with Crippen LogP contribution in [0, 0.1) is 5.92 Å². The highest BCUT2D eigenvalue weighted by Gasteiger charge is 2.57. The fourth-order valence-electron chi connectivity index (χ4n) is 8.66. The fraction of sp³-hybridized carbons (Fsp3) is 0.851. The van der Waals surface area contributed by atoms with Gasteiger partial charge in [-0.25, -0.2) is 19.2 Å². The van der Waals surface area contributed by atoms with Gasteiger partial charge < -0.3 is 89.2 Å². The summed E-state index contributed by atoms with van der Waals surface area (Å²) in [4.78, 5) is 68.1. The van der Waals surface area contributed by atoms with E-state index in [-0.39, 0.29) is 25.5 Å². The Morgan fingerprint density at radius 1 is 0.789 bits per heavy atom. The van der Waals surface area contributed by atoms with E-state index in [9.17, 15) is 44.4 Å². The number of ether oxygens (including phenoxy) is 9. The van der Waals surface area contributed by atoms with E-state index in [1.165, 1.54) is 14.0 Å². The normalized spacial score (nSPS) is 31.7. The second-order valence-electron chi connectivity index (χ2n) is 23.2. The highest BCUT2D eigenvalue weighted by Crippen LogP contribution is 2.39. The van der Waals surface area contributed by atoms with E-state index >= 15 is 0 Å². The van der Waals surface area contributed by atoms with Crippen molar-refractivity contribution in [3.8, 4) is 0 Å². The Balaban J connectivity index is 1.81. The maximum absolute atomic E-state index is 13.8. The molecule has 24 nitrogen and oxygen atoms in total. The van der Waals surface area contributed by atoms with Gasteiger partial charge in [0.25, 0.3) is 5.91 Å². The van der Waals surface area contributed by atoms with Crippen LogP contribution in [0.2, 0.25) is 0 Å². The Labute approximate surface area is 416 Å². The molecule has 71 heavy (non-hydrogen) atoms. The topological polar surface area (TPSA) is 313 Å². The second kappa shape index (κ2) is 22.9. The molecule has 4 aliphatic rings. The van der Waals surface area contributed by atoms with Crippen LogP contribution in [0.25, 0.3) is 0 Å². The molecular formula is C47H82N6O18. The number of carbonyl (C=O) groups excluding carboxylic acids is 5. The summed E-state index contributed by atoms with van der Waals surface area (Å²) in [6.45, 7) is 25.0. The van der Waals surface area contributed by atoms with E-state index in [0.29, 0.717) is 18.9 Å². The maximum Gasteiger partial charge on any atom is 0.410 e. The molecule has 0 spiro atoms. The predicted octanol–water partition coefficient (Wildman–Crippen LogP) is 1.98. The molecule has 13 atom stereocenters. The maximum atomic E-state index is 13.8. The van der Waals surface area contributed by atoms with Crippen molar-refractivity contribution in [2.24, 2.45) is 5.92 Å². The van der Waals surface area contributed by atoms with Crippen molar-refractivity contribution in [3.05, 3.63) is 11.8 Å². The number of hydrogen-bond donors (Lipinski definition) is 9. The number of amides is 5. The second-order valence-corrected chi connectivity index (χ2v) is 23.2. The van der Waals surface area contributed by atoms with Crippen LogP contribution in [0.5, 0.6) is 0 Å². The zero-order valence-corrected chi connectivity index (χ0v) is 44.2. The summed E-state index contributed by atoms with van der Waals surface area (Å²) < 4.78 is 52.7. The van der Waals surface area contributed by atoms with E-state index in [2.05, 4.69) is 26.6 Å². The van der Waals surface area contributed by atoms with E-state index in [4.69, 9.17) is 42.6 Å². The van der Waals surface area contributed by atoms with Crippen molar-refractivity contribution in [1.29, 1.82) is 0 Å². The molecule has 1 aliphatic carbocycles. The molecule has 3 fully saturated rings. The minimum atomic E-state index is -2.22. The molecule has 0 aromatic carbocycles. The Hall–Kier alpha value is -4.27. The van der Waals surface area contributed by atoms with Gasteiger partial charge in [-0.1, -0.05) is 0 Å². The van der Waals surface area contributed by atoms with Crippen LogP contribution in [0.15, 0.2) is 11.8 Å². The van der Waals surface area contributed by atoms with E-state index in [0.717, 1.165) is 4.90 Å². The SMILES string of the molecule is CN(C(=O)OC(C)(C)C)[C@@H]1[C@@H](O)[C@@H](O[C@H]2[C@H](NC(=O)[C@@H](O)NC(=O)OC(C)(C)C)C[C@H](NC(=O)OC(C)(C)C)C([C@H]3OC(CNC[C@H]4COC(C)(C)O4)=CC[C@H]3NC(=O)OC(C)(C)C)[C@@H]2O)OC[C@]1(C)O. The van der Waals surface area contributed by atoms with Gasteiger partial charge in [0.1, 0.15) is 52.1 Å². The third-order valence-corrected chi connectivity index (χ3v) is 11.3. The molecule has 3 heterocycles. The first-order valence-corrected chi connectivity index (χ1v) is 24.0. The number of aliphatic hydroxyl groups is 4. The molecule has 1 saturated carbocycles. The molecule has 0 radical (unpaired) electrons. The number of nitrogens with zero attached hydrogens (tertiary/aromatic N) is 1. The summed E-state index contributed by atoms with van der Waals surface area (Å²) in [5.74, 6) is -2.84. The van der Waals surface area contributed by atoms with Gasteiger partial charge in [0, 0.05) is 25.6 Å². The van der Waals surface area contributed by atoms with Crippen molar-refractivity contribution >= 4 is 30.3 Å². The molecule has 0 aromatic rings. The first kappa shape index (κ1) is 59.3. The number of nitrogens with one attached hydrogen (secondary N) is 5. The van der Waals surface area contributed by atoms with Crippen molar-refractivity contribution < 1.29 is 87.0 Å². The summed E-state index contributed by atoms with van der Waals surface area (Å²) >= 11 is 0. The van der Waals surface area contributed by atoms with Gasteiger partial charge in [0.05, 0.1) is 50.1 Å². The van der Waals surface area contributed by atoms with E-state index < -0.39 is 138 Å². The van der Waals surface area contributed by atoms with Crippen molar-refractivity contribution in [3.63, 3.8) is 0 Å². The van der Waals surface area contributed by atoms with Crippen LogP contribution in [0.4, 0.5) is 19.2 Å². The molecule has 4 rings (SSSR count). The lowest BCUT2D eigenvalue weighted by atomic mass is 9.72. The van der Waals surface area contributed by atoms with Crippen LogP contribution < -0.4 is 26.6 Å². The Morgan fingerprint density at radius 3 is 1.87 bits per heavy atom. The van der Waals surface area contributed by atoms with Gasteiger partial charge in [-0.15, -0.1) is 0 Å². The largest absolute Gasteiger partial charge is 0.491 e. The number of likely N-dealkylation sites (N-methyl/N-ethyl adjacent to an activating group) is 1. The number of hydrogen-bond acceptors (Lipinski definition) is 19. The molecular weight excluding hydrogens is 937 g/mol. The molecule has 0 aromatic heterocycles. The molecule has 0 bridgehead atoms. The third-order valence-electron chi connectivity index (χ3n) is 11.3. The van der Waals surface area contributed by atoms with Crippen LogP contribution in [0.3, 0.4) is 0 Å². The summed E-state index contributed by atoms with van der Waals surface area (Å²) in [5, 5.41) is 61.0. The minimum Gasteiger partial charge on any atom is -0.491 e. The molecule has 9 N–H and O–H groups in total. The van der Waals surface area contributed by atoms with Gasteiger partial charge in [-0.05, 0) is 123 Å². The molecule has 1 unspecified atom stereocenters. The Kier molecular flexibility index (Phi) is 19.1. The third kappa shape index (κ3) is 18.0. The van der Waals surface area contributed by atoms with Gasteiger partial charge in [-0.3, -0.25) is 10.1 Å². The first-order valence-electron chi connectivity index (χ1n) is 24.0. The lowest BCUT2D eigenvalue weighted by Gasteiger charge is -2.52. The zero-order valence-electron chi connectivity index (χ0n) is 44.2. The van der Waals surface area contributed by atoms with Crippen molar-refractivity contribution in [2.45, 2.75) is 218 Å². The van der Waals surface area contributed by atoms with Crippen LogP contribution in [-0.4, -0.2) is 190 Å². The molecule has 408 valence electrons. The van der Waals surface area contributed by atoms with Gasteiger partial charge >= 0.3 is 24.4 Å². The smallest absolute Gasteiger partial charge is 0.410 e. The first-order chi connectivity index (χ1) is 32.3. The monoisotopic (exact) mass is 1020 g/mol. The average Bonchev–Trinajstić information content (AvgIpc) is 3.52. The molecule has 5 amide bonds. The highest BCUT2D eigenvalue weighted by molar-refractivity contribution is 5.84. The van der Waals surface area contributed by atoms with Crippen LogP contribution >= 0.6 is 0 Å². The quantitative estimate of drug-likeness (QED) is 0.0941. The van der Waals surface area contributed by atoms with Crippen LogP contribution in [-0.2, 0) is 47.4 Å². The molecule has 24 heteroatoms. The zero-order chi connectivity index (χ0) is 53.8. The van der Waals surface area contributed by atoms with Crippen LogP contribution in [0.1, 0.15) is 117 Å². The Morgan fingerprint density at radius 2 is 1.34 bits per heavy atom. The van der Waals surface area contributed by atoms with Gasteiger partial charge in [0.2, 0.25) is 6.23 Å². The lowest BCUT2D eigenvalue weighted by molar-refractivity contribution is -0.305. The lowest BCUT2D eigenvalue weighted by Crippen LogP contribution is -2.71. The Bertz CT molecular complexity index is 1890. The summed E-state index contributed by atoms with van der Waals surface area (Å²) in [6, 6.07) is -4.98. The van der Waals surface area contributed by atoms with Crippen molar-refractivity contribution in [2.75, 3.05) is 33.4 Å². The van der Waals surface area contributed by atoms with E-state index in [1.54, 1.807) is 103 Å². The summed E-state index contributed by atoms with van der Waals surface area (Å²) in [6.07, 6.45) is -13.0. The summed E-state index contributed by atoms with van der Waals surface area (Å²) in [5.41, 5.74) is -5.76. The predicted molar refractivity (Wildman–Crippen MR) is 252 cm³/mol. The number of carbonyl (C=O) groups is 5. The molecule has 3 aliphatic heterocycles. The van der Waals surface area contributed by atoms with Gasteiger partial charge in [0.15, 0.2) is 12.1 Å².